The van der Waals surface area contributed by atoms with Crippen LogP contribution in [0.5, 0.6) is 0 Å². The standard InChI is InChI=1S/C20H38/c1-2-3-4-5-6-7-8-9-10-11-12-13-14-15-16-17-20-18-19-20/h17H,2-16,18-19H2,1H3. The van der Waals surface area contributed by atoms with E-state index in [0.717, 1.165) is 0 Å². The molecule has 0 nitrogen and oxygen atoms in total. The van der Waals surface area contributed by atoms with Gasteiger partial charge in [0.1, 0.15) is 0 Å². The fourth-order valence-electron chi connectivity index (χ4n) is 2.92. The Morgan fingerprint density at radius 2 is 1.00 bits per heavy atom. The van der Waals surface area contributed by atoms with E-state index in [-0.39, 0.29) is 0 Å². The number of hydrogen-bond donors (Lipinski definition) is 0. The molecule has 0 atom stereocenters. The molecule has 118 valence electrons. The summed E-state index contributed by atoms with van der Waals surface area (Å²) >= 11 is 0. The zero-order valence-corrected chi connectivity index (χ0v) is 14.1. The van der Waals surface area contributed by atoms with Crippen LogP contribution in [0.3, 0.4) is 0 Å². The Bertz CT molecular complexity index is 220. The van der Waals surface area contributed by atoms with Crippen molar-refractivity contribution in [1.82, 2.24) is 0 Å². The van der Waals surface area contributed by atoms with Crippen molar-refractivity contribution in [2.75, 3.05) is 0 Å². The third-order valence-corrected chi connectivity index (χ3v) is 4.53. The summed E-state index contributed by atoms with van der Waals surface area (Å²) in [5, 5.41) is 0. The van der Waals surface area contributed by atoms with Crippen molar-refractivity contribution in [3.63, 3.8) is 0 Å². The van der Waals surface area contributed by atoms with Crippen LogP contribution < -0.4 is 0 Å². The lowest BCUT2D eigenvalue weighted by Crippen LogP contribution is -1.83. The molecule has 0 N–H and O–H groups in total. The highest BCUT2D eigenvalue weighted by atomic mass is 14.1. The van der Waals surface area contributed by atoms with Crippen molar-refractivity contribution in [2.24, 2.45) is 0 Å². The van der Waals surface area contributed by atoms with Crippen LogP contribution in [0.15, 0.2) is 11.6 Å². The van der Waals surface area contributed by atoms with Gasteiger partial charge in [0.15, 0.2) is 0 Å². The van der Waals surface area contributed by atoms with E-state index < -0.39 is 0 Å². The van der Waals surface area contributed by atoms with E-state index >= 15 is 0 Å². The number of hydrogen-bond acceptors (Lipinski definition) is 0. The first kappa shape index (κ1) is 17.8. The van der Waals surface area contributed by atoms with Crippen LogP contribution in [0, 0.1) is 0 Å². The zero-order valence-electron chi connectivity index (χ0n) is 14.1. The van der Waals surface area contributed by atoms with Gasteiger partial charge < -0.3 is 0 Å². The molecule has 0 aromatic carbocycles. The van der Waals surface area contributed by atoms with E-state index in [2.05, 4.69) is 13.0 Å². The Balaban J connectivity index is 1.63. The molecule has 0 heterocycles. The van der Waals surface area contributed by atoms with Crippen LogP contribution in [0.1, 0.15) is 116 Å². The highest BCUT2D eigenvalue weighted by Crippen LogP contribution is 2.28. The molecule has 0 heteroatoms. The minimum absolute atomic E-state index is 1.35. The van der Waals surface area contributed by atoms with Crippen molar-refractivity contribution in [2.45, 2.75) is 116 Å². The number of rotatable bonds is 15. The van der Waals surface area contributed by atoms with E-state index in [4.69, 9.17) is 0 Å². The topological polar surface area (TPSA) is 0 Å². The lowest BCUT2D eigenvalue weighted by atomic mass is 10.0. The van der Waals surface area contributed by atoms with Gasteiger partial charge in [0.2, 0.25) is 0 Å². The summed E-state index contributed by atoms with van der Waals surface area (Å²) in [5.41, 5.74) is 1.72. The molecule has 0 spiro atoms. The molecular formula is C20H38. The van der Waals surface area contributed by atoms with Crippen molar-refractivity contribution >= 4 is 0 Å². The average molecular weight is 279 g/mol. The largest absolute Gasteiger partial charge is 0.0853 e. The van der Waals surface area contributed by atoms with Crippen molar-refractivity contribution in [3.05, 3.63) is 11.6 Å². The van der Waals surface area contributed by atoms with Crippen molar-refractivity contribution < 1.29 is 0 Å². The molecule has 0 amide bonds. The highest BCUT2D eigenvalue weighted by Gasteiger charge is 2.08. The molecule has 1 fully saturated rings. The van der Waals surface area contributed by atoms with Gasteiger partial charge in [0.25, 0.3) is 0 Å². The minimum Gasteiger partial charge on any atom is -0.0853 e. The quantitative estimate of drug-likeness (QED) is 0.214. The second kappa shape index (κ2) is 13.7. The molecule has 1 aliphatic carbocycles. The molecule has 20 heavy (non-hydrogen) atoms. The molecule has 0 unspecified atom stereocenters. The van der Waals surface area contributed by atoms with Gasteiger partial charge in [-0.2, -0.15) is 0 Å². The normalized spacial score (nSPS) is 13.8. The van der Waals surface area contributed by atoms with Gasteiger partial charge in [-0.25, -0.2) is 0 Å². The average Bonchev–Trinajstić information content (AvgIpc) is 3.27. The smallest absolute Gasteiger partial charge is 0.0283 e. The van der Waals surface area contributed by atoms with E-state index in [0.29, 0.717) is 0 Å². The summed E-state index contributed by atoms with van der Waals surface area (Å²) < 4.78 is 0. The second-order valence-corrected chi connectivity index (χ2v) is 6.75. The van der Waals surface area contributed by atoms with Crippen LogP contribution in [0.2, 0.25) is 0 Å². The van der Waals surface area contributed by atoms with E-state index in [1.54, 1.807) is 5.57 Å². The minimum atomic E-state index is 1.35. The molecule has 0 aromatic heterocycles. The summed E-state index contributed by atoms with van der Waals surface area (Å²) in [5.74, 6) is 0. The highest BCUT2D eigenvalue weighted by molar-refractivity contribution is 5.15. The third kappa shape index (κ3) is 12.8. The molecule has 1 aliphatic rings. The number of allylic oxidation sites excluding steroid dienone is 2. The molecule has 0 bridgehead atoms. The summed E-state index contributed by atoms with van der Waals surface area (Å²) in [6, 6.07) is 0. The third-order valence-electron chi connectivity index (χ3n) is 4.53. The molecule has 0 radical (unpaired) electrons. The van der Waals surface area contributed by atoms with Gasteiger partial charge in [-0.1, -0.05) is 102 Å². The molecule has 1 rings (SSSR count). The lowest BCUT2D eigenvalue weighted by Gasteiger charge is -2.02. The maximum Gasteiger partial charge on any atom is -0.0283 e. The van der Waals surface area contributed by atoms with Gasteiger partial charge >= 0.3 is 0 Å². The van der Waals surface area contributed by atoms with E-state index in [1.807, 2.05) is 0 Å². The summed E-state index contributed by atoms with van der Waals surface area (Å²) in [6.07, 6.45) is 27.1. The van der Waals surface area contributed by atoms with Gasteiger partial charge in [-0.05, 0) is 25.7 Å². The second-order valence-electron chi connectivity index (χ2n) is 6.75. The summed E-state index contributed by atoms with van der Waals surface area (Å²) in [7, 11) is 0. The molecular weight excluding hydrogens is 240 g/mol. The Hall–Kier alpha value is -0.260. The van der Waals surface area contributed by atoms with E-state index in [9.17, 15) is 0 Å². The molecule has 1 saturated carbocycles. The van der Waals surface area contributed by atoms with Crippen molar-refractivity contribution in [1.29, 1.82) is 0 Å². The van der Waals surface area contributed by atoms with Crippen LogP contribution in [-0.2, 0) is 0 Å². The SMILES string of the molecule is CCCCCCCCCCCCCCCCC=C1CC1. The fraction of sp³-hybridized carbons (Fsp3) is 0.900. The molecule has 0 aliphatic heterocycles. The van der Waals surface area contributed by atoms with Gasteiger partial charge in [-0.3, -0.25) is 0 Å². The Kier molecular flexibility index (Phi) is 12.2. The van der Waals surface area contributed by atoms with Gasteiger partial charge in [-0.15, -0.1) is 0 Å². The Labute approximate surface area is 128 Å². The van der Waals surface area contributed by atoms with Crippen LogP contribution in [0.25, 0.3) is 0 Å². The van der Waals surface area contributed by atoms with Crippen LogP contribution >= 0.6 is 0 Å². The van der Waals surface area contributed by atoms with Crippen LogP contribution in [0.4, 0.5) is 0 Å². The summed E-state index contributed by atoms with van der Waals surface area (Å²) in [6.45, 7) is 2.30. The first-order valence-electron chi connectivity index (χ1n) is 9.61. The predicted octanol–water partition coefficient (Wildman–Crippen LogP) is 7.58. The maximum absolute atomic E-state index is 2.49. The first-order valence-corrected chi connectivity index (χ1v) is 9.61. The Morgan fingerprint density at radius 1 is 0.600 bits per heavy atom. The zero-order chi connectivity index (χ0) is 14.3. The van der Waals surface area contributed by atoms with Gasteiger partial charge in [0, 0.05) is 0 Å². The van der Waals surface area contributed by atoms with Crippen molar-refractivity contribution in [3.8, 4) is 0 Å². The van der Waals surface area contributed by atoms with E-state index in [1.165, 1.54) is 109 Å². The lowest BCUT2D eigenvalue weighted by molar-refractivity contribution is 0.536. The van der Waals surface area contributed by atoms with Gasteiger partial charge in [0.05, 0.1) is 0 Å². The fourth-order valence-corrected chi connectivity index (χ4v) is 2.92. The molecule has 0 aromatic rings. The molecule has 0 saturated heterocycles. The summed E-state index contributed by atoms with van der Waals surface area (Å²) in [4.78, 5) is 0. The predicted molar refractivity (Wildman–Crippen MR) is 92.2 cm³/mol. The first-order chi connectivity index (χ1) is 9.93. The maximum atomic E-state index is 2.49. The Morgan fingerprint density at radius 3 is 1.40 bits per heavy atom. The van der Waals surface area contributed by atoms with Crippen LogP contribution in [-0.4, -0.2) is 0 Å². The number of unbranched alkanes of at least 4 members (excludes halogenated alkanes) is 14. The monoisotopic (exact) mass is 278 g/mol.